The molecule has 2 nitrogen and oxygen atoms in total. The van der Waals surface area contributed by atoms with Crippen LogP contribution in [0.4, 0.5) is 0 Å². The lowest BCUT2D eigenvalue weighted by Gasteiger charge is -2.02. The molecule has 8 bridgehead atoms. The zero-order chi connectivity index (χ0) is 10.0. The first kappa shape index (κ1) is 7.62. The van der Waals surface area contributed by atoms with Crippen molar-refractivity contribution in [1.82, 2.24) is 0 Å². The lowest BCUT2D eigenvalue weighted by molar-refractivity contribution is 0.688. The average Bonchev–Trinajstić information content (AvgIpc) is 2.91. The van der Waals surface area contributed by atoms with Crippen LogP contribution in [0.3, 0.4) is 0 Å². The summed E-state index contributed by atoms with van der Waals surface area (Å²) in [6.07, 6.45) is 5.82. The third-order valence-corrected chi connectivity index (χ3v) is 6.69. The Hall–Kier alpha value is -0.660. The summed E-state index contributed by atoms with van der Waals surface area (Å²) in [5.74, 6) is 7.72. The Morgan fingerprint density at radius 1 is 0.625 bits per heavy atom. The Morgan fingerprint density at radius 2 is 1.00 bits per heavy atom. The van der Waals surface area contributed by atoms with Crippen LogP contribution in [0.15, 0.2) is 10.2 Å². The summed E-state index contributed by atoms with van der Waals surface area (Å²) in [7, 11) is 0. The van der Waals surface area contributed by atoms with Crippen LogP contribution in [0.25, 0.3) is 0 Å². The third kappa shape index (κ3) is 0.640. The van der Waals surface area contributed by atoms with Gasteiger partial charge < -0.3 is 0 Å². The van der Waals surface area contributed by atoms with Gasteiger partial charge in [-0.3, -0.25) is 0 Å². The van der Waals surface area contributed by atoms with Crippen LogP contribution in [-0.4, -0.2) is 11.4 Å². The Kier molecular flexibility index (Phi) is 0.974. The quantitative estimate of drug-likeness (QED) is 0.596. The lowest BCUT2D eigenvalue weighted by atomic mass is 10.1. The zero-order valence-electron chi connectivity index (χ0n) is 9.34. The van der Waals surface area contributed by atoms with Gasteiger partial charge in [-0.05, 0) is 49.4 Å². The average molecular weight is 212 g/mol. The van der Waals surface area contributed by atoms with Gasteiger partial charge >= 0.3 is 0 Å². The highest BCUT2D eigenvalue weighted by molar-refractivity contribution is 6.00. The highest BCUT2D eigenvalue weighted by atomic mass is 15.2. The van der Waals surface area contributed by atoms with Crippen LogP contribution >= 0.6 is 0 Å². The van der Waals surface area contributed by atoms with Gasteiger partial charge in [0.2, 0.25) is 0 Å². The molecule has 16 heavy (non-hydrogen) atoms. The van der Waals surface area contributed by atoms with Crippen LogP contribution in [0.1, 0.15) is 25.7 Å². The molecular formula is C14H16N2. The highest BCUT2D eigenvalue weighted by Crippen LogP contribution is 2.70. The zero-order valence-corrected chi connectivity index (χ0v) is 9.34. The molecule has 8 fully saturated rings. The number of rotatable bonds is 1. The van der Waals surface area contributed by atoms with Crippen molar-refractivity contribution >= 4 is 11.4 Å². The van der Waals surface area contributed by atoms with E-state index in [4.69, 9.17) is 10.2 Å². The number of hydrogen-bond acceptors (Lipinski definition) is 2. The summed E-state index contributed by atoms with van der Waals surface area (Å²) in [6.45, 7) is 0. The molecule has 0 aromatic carbocycles. The topological polar surface area (TPSA) is 24.7 Å². The molecule has 0 aliphatic heterocycles. The molecule has 0 spiro atoms. The molecule has 2 unspecified atom stereocenters. The molecular weight excluding hydrogens is 196 g/mol. The fourth-order valence-electron chi connectivity index (χ4n) is 6.00. The van der Waals surface area contributed by atoms with E-state index in [-0.39, 0.29) is 0 Å². The summed E-state index contributed by atoms with van der Waals surface area (Å²) in [5, 5.41) is 9.42. The molecule has 8 aliphatic rings. The first-order chi connectivity index (χ1) is 7.92. The number of nitrogens with zero attached hydrogens (tertiary/aromatic N) is 2. The molecule has 6 atom stereocenters. The molecule has 8 aliphatic carbocycles. The van der Waals surface area contributed by atoms with Crippen molar-refractivity contribution in [2.75, 3.05) is 0 Å². The molecule has 8 rings (SSSR count). The second-order valence-corrected chi connectivity index (χ2v) is 7.09. The Bertz CT molecular complexity index is 401. The van der Waals surface area contributed by atoms with Crippen molar-refractivity contribution in [3.8, 4) is 0 Å². The van der Waals surface area contributed by atoms with Gasteiger partial charge in [0.1, 0.15) is 0 Å². The van der Waals surface area contributed by atoms with Gasteiger partial charge in [0, 0.05) is 35.1 Å². The number of hydrogen-bond donors (Lipinski definition) is 0. The summed E-state index contributed by atoms with van der Waals surface area (Å²) in [5.41, 5.74) is 3.03. The maximum Gasteiger partial charge on any atom is 0.0473 e. The van der Waals surface area contributed by atoms with Crippen LogP contribution in [-0.2, 0) is 0 Å². The molecule has 2 heteroatoms. The largest absolute Gasteiger partial charge is 0.160 e. The van der Waals surface area contributed by atoms with E-state index < -0.39 is 0 Å². The van der Waals surface area contributed by atoms with E-state index in [1.54, 1.807) is 0 Å². The van der Waals surface area contributed by atoms with E-state index in [1.807, 2.05) is 0 Å². The summed E-state index contributed by atoms with van der Waals surface area (Å²) in [6, 6.07) is 0. The normalized spacial score (nSPS) is 71.0. The fourth-order valence-corrected chi connectivity index (χ4v) is 6.00. The van der Waals surface area contributed by atoms with E-state index in [1.165, 1.54) is 37.1 Å². The van der Waals surface area contributed by atoms with Gasteiger partial charge in [-0.15, -0.1) is 0 Å². The van der Waals surface area contributed by atoms with E-state index in [0.717, 1.165) is 47.3 Å². The molecule has 0 saturated heterocycles. The SMILES string of the molecule is C1C2C[C@H]3C(/C2=N/N=C2\C4C[C@H]5C2[C@@H]5C4)[C@@H]13. The van der Waals surface area contributed by atoms with Gasteiger partial charge in [-0.2, -0.15) is 10.2 Å². The maximum atomic E-state index is 4.71. The van der Waals surface area contributed by atoms with E-state index in [9.17, 15) is 0 Å². The standard InChI is InChI=1S/C14H16N2/c1-5-2-8-7(1)11(8)13(5)15-16-14-6-3-9-10(4-6)12(9)14/h5-12H,1-4H2/b15-13+,16-14+/t5?,6?,7-,8-,9-,10+,11?,12?/m1/s1. The lowest BCUT2D eigenvalue weighted by Crippen LogP contribution is -2.05. The minimum atomic E-state index is 0.857. The third-order valence-electron chi connectivity index (χ3n) is 6.69. The molecule has 8 saturated carbocycles. The molecule has 0 aromatic heterocycles. The Balaban J connectivity index is 1.39. The van der Waals surface area contributed by atoms with Gasteiger partial charge in [0.05, 0.1) is 0 Å². The minimum absolute atomic E-state index is 0.857. The molecule has 0 heterocycles. The van der Waals surface area contributed by atoms with Crippen molar-refractivity contribution in [3.05, 3.63) is 0 Å². The van der Waals surface area contributed by atoms with Gasteiger partial charge in [0.15, 0.2) is 0 Å². The molecule has 0 aromatic rings. The second kappa shape index (κ2) is 2.04. The first-order valence-electron chi connectivity index (χ1n) is 7.07. The molecule has 0 amide bonds. The van der Waals surface area contributed by atoms with Crippen molar-refractivity contribution in [2.24, 2.45) is 57.5 Å². The Labute approximate surface area is 95.2 Å². The highest BCUT2D eigenvalue weighted by Gasteiger charge is 2.68. The fraction of sp³-hybridized carbons (Fsp3) is 0.857. The van der Waals surface area contributed by atoms with Crippen LogP contribution in [0.2, 0.25) is 0 Å². The molecule has 0 N–H and O–H groups in total. The molecule has 0 radical (unpaired) electrons. The van der Waals surface area contributed by atoms with Gasteiger partial charge in [-0.1, -0.05) is 0 Å². The van der Waals surface area contributed by atoms with Crippen molar-refractivity contribution in [1.29, 1.82) is 0 Å². The van der Waals surface area contributed by atoms with Gasteiger partial charge in [0.25, 0.3) is 0 Å². The Morgan fingerprint density at radius 3 is 1.25 bits per heavy atom. The van der Waals surface area contributed by atoms with Gasteiger partial charge in [-0.25, -0.2) is 0 Å². The second-order valence-electron chi connectivity index (χ2n) is 7.09. The van der Waals surface area contributed by atoms with E-state index in [0.29, 0.717) is 0 Å². The summed E-state index contributed by atoms with van der Waals surface area (Å²) in [4.78, 5) is 0. The maximum absolute atomic E-state index is 4.71. The van der Waals surface area contributed by atoms with Crippen LogP contribution < -0.4 is 0 Å². The predicted octanol–water partition coefficient (Wildman–Crippen LogP) is 2.36. The van der Waals surface area contributed by atoms with Crippen molar-refractivity contribution < 1.29 is 0 Å². The minimum Gasteiger partial charge on any atom is -0.160 e. The van der Waals surface area contributed by atoms with Crippen LogP contribution in [0, 0.1) is 47.3 Å². The van der Waals surface area contributed by atoms with Crippen molar-refractivity contribution in [2.45, 2.75) is 25.7 Å². The monoisotopic (exact) mass is 212 g/mol. The van der Waals surface area contributed by atoms with Crippen molar-refractivity contribution in [3.63, 3.8) is 0 Å². The smallest absolute Gasteiger partial charge is 0.0473 e. The van der Waals surface area contributed by atoms with Crippen LogP contribution in [0.5, 0.6) is 0 Å². The first-order valence-corrected chi connectivity index (χ1v) is 7.07. The molecule has 82 valence electrons. The summed E-state index contributed by atoms with van der Waals surface area (Å²) >= 11 is 0. The van der Waals surface area contributed by atoms with E-state index in [2.05, 4.69) is 0 Å². The predicted molar refractivity (Wildman–Crippen MR) is 61.3 cm³/mol. The summed E-state index contributed by atoms with van der Waals surface area (Å²) < 4.78 is 0. The van der Waals surface area contributed by atoms with E-state index >= 15 is 0 Å².